The zero-order chi connectivity index (χ0) is 17.5. The summed E-state index contributed by atoms with van der Waals surface area (Å²) in [4.78, 5) is 19.6. The van der Waals surface area contributed by atoms with E-state index in [-0.39, 0.29) is 12.1 Å². The van der Waals surface area contributed by atoms with E-state index in [1.54, 1.807) is 10.8 Å². The molecular weight excluding hydrogens is 370 g/mol. The monoisotopic (exact) mass is 393 g/mol. The van der Waals surface area contributed by atoms with Gasteiger partial charge in [0.15, 0.2) is 0 Å². The van der Waals surface area contributed by atoms with Gasteiger partial charge in [0.05, 0.1) is 11.6 Å². The second-order valence-electron chi connectivity index (χ2n) is 7.24. The Morgan fingerprint density at radius 1 is 1.42 bits per heavy atom. The minimum Gasteiger partial charge on any atom is -0.443 e. The summed E-state index contributed by atoms with van der Waals surface area (Å²) in [6.07, 6.45) is 3.68. The van der Waals surface area contributed by atoms with Crippen LogP contribution in [0.5, 0.6) is 0 Å². The van der Waals surface area contributed by atoms with E-state index < -0.39 is 5.60 Å². The molecule has 3 rings (SSSR count). The molecule has 0 radical (unpaired) electrons. The van der Waals surface area contributed by atoms with Crippen molar-refractivity contribution in [2.24, 2.45) is 0 Å². The quantitative estimate of drug-likeness (QED) is 0.691. The smallest absolute Gasteiger partial charge is 0.419 e. The number of halogens is 1. The first-order valence-electron chi connectivity index (χ1n) is 8.44. The second kappa shape index (κ2) is 6.48. The summed E-state index contributed by atoms with van der Waals surface area (Å²) in [5, 5.41) is 0.960. The van der Waals surface area contributed by atoms with Gasteiger partial charge < -0.3 is 4.74 Å². The molecule has 0 aliphatic carbocycles. The average Bonchev–Trinajstić information content (AvgIpc) is 3.08. The molecule has 1 fully saturated rings. The highest BCUT2D eigenvalue weighted by Crippen LogP contribution is 2.35. The van der Waals surface area contributed by atoms with Crippen LogP contribution in [0.3, 0.4) is 0 Å². The van der Waals surface area contributed by atoms with Crippen molar-refractivity contribution < 1.29 is 9.53 Å². The molecule has 1 aliphatic rings. The van der Waals surface area contributed by atoms with Gasteiger partial charge in [0, 0.05) is 17.3 Å². The van der Waals surface area contributed by atoms with Crippen molar-refractivity contribution in [2.75, 3.05) is 13.1 Å². The van der Waals surface area contributed by atoms with Crippen LogP contribution in [0, 0.1) is 0 Å². The Bertz CT molecular complexity index is 763. The highest BCUT2D eigenvalue weighted by atomic mass is 79.9. The Morgan fingerprint density at radius 2 is 2.17 bits per heavy atom. The zero-order valence-electron chi connectivity index (χ0n) is 14.7. The maximum atomic E-state index is 12.9. The van der Waals surface area contributed by atoms with E-state index in [1.807, 2.05) is 26.8 Å². The van der Waals surface area contributed by atoms with Crippen LogP contribution in [0.2, 0.25) is 0 Å². The van der Waals surface area contributed by atoms with E-state index in [0.29, 0.717) is 4.60 Å². The maximum absolute atomic E-state index is 12.9. The van der Waals surface area contributed by atoms with Gasteiger partial charge in [-0.25, -0.2) is 14.3 Å². The number of aromatic nitrogens is 2. The van der Waals surface area contributed by atoms with E-state index in [9.17, 15) is 4.79 Å². The minimum atomic E-state index is -0.532. The van der Waals surface area contributed by atoms with E-state index in [0.717, 1.165) is 42.5 Å². The van der Waals surface area contributed by atoms with Crippen LogP contribution in [-0.2, 0) is 4.74 Å². The third-order valence-electron chi connectivity index (χ3n) is 4.37. The molecule has 0 saturated carbocycles. The molecule has 0 amide bonds. The van der Waals surface area contributed by atoms with Gasteiger partial charge in [0.25, 0.3) is 0 Å². The largest absolute Gasteiger partial charge is 0.443 e. The van der Waals surface area contributed by atoms with Crippen LogP contribution in [0.15, 0.2) is 22.9 Å². The SMILES string of the molecule is CCN1CCCC1c1cc2cnc(Br)cc2n1C(=O)OC(C)(C)C. The standard InChI is InChI=1S/C18H24BrN3O2/c1-5-21-8-6-7-13(21)15-9-12-11-20-16(19)10-14(12)22(15)17(23)24-18(2,3)4/h9-11,13H,5-8H2,1-4H3. The van der Waals surface area contributed by atoms with Crippen LogP contribution in [-0.4, -0.2) is 39.2 Å². The Morgan fingerprint density at radius 3 is 2.83 bits per heavy atom. The third kappa shape index (κ3) is 3.35. The first kappa shape index (κ1) is 17.4. The summed E-state index contributed by atoms with van der Waals surface area (Å²) < 4.78 is 8.11. The Balaban J connectivity index is 2.14. The van der Waals surface area contributed by atoms with Crippen molar-refractivity contribution in [1.29, 1.82) is 0 Å². The molecule has 1 saturated heterocycles. The van der Waals surface area contributed by atoms with E-state index in [4.69, 9.17) is 4.74 Å². The fraction of sp³-hybridized carbons (Fsp3) is 0.556. The van der Waals surface area contributed by atoms with Crippen LogP contribution in [0.25, 0.3) is 10.9 Å². The highest BCUT2D eigenvalue weighted by Gasteiger charge is 2.31. The molecule has 5 nitrogen and oxygen atoms in total. The van der Waals surface area contributed by atoms with Crippen LogP contribution in [0.4, 0.5) is 4.79 Å². The van der Waals surface area contributed by atoms with Gasteiger partial charge in [-0.15, -0.1) is 0 Å². The van der Waals surface area contributed by atoms with Crippen molar-refractivity contribution in [2.45, 2.75) is 52.2 Å². The minimum absolute atomic E-state index is 0.244. The topological polar surface area (TPSA) is 47.4 Å². The van der Waals surface area contributed by atoms with E-state index in [2.05, 4.69) is 38.8 Å². The fourth-order valence-electron chi connectivity index (χ4n) is 3.39. The van der Waals surface area contributed by atoms with Crippen molar-refractivity contribution in [1.82, 2.24) is 14.5 Å². The molecule has 6 heteroatoms. The molecule has 130 valence electrons. The number of ether oxygens (including phenoxy) is 1. The first-order valence-corrected chi connectivity index (χ1v) is 9.24. The number of carbonyl (C=O) groups excluding carboxylic acids is 1. The predicted molar refractivity (Wildman–Crippen MR) is 98.3 cm³/mol. The Hall–Kier alpha value is -1.40. The molecular formula is C18H24BrN3O2. The summed E-state index contributed by atoms with van der Waals surface area (Å²) in [5.74, 6) is 0. The number of hydrogen-bond acceptors (Lipinski definition) is 4. The Labute approximate surface area is 151 Å². The molecule has 0 bridgehead atoms. The molecule has 3 heterocycles. The van der Waals surface area contributed by atoms with E-state index >= 15 is 0 Å². The van der Waals surface area contributed by atoms with Crippen LogP contribution in [0.1, 0.15) is 52.3 Å². The highest BCUT2D eigenvalue weighted by molar-refractivity contribution is 9.10. The number of carbonyl (C=O) groups is 1. The van der Waals surface area contributed by atoms with Gasteiger partial charge in [0.2, 0.25) is 0 Å². The van der Waals surface area contributed by atoms with Crippen molar-refractivity contribution >= 4 is 32.9 Å². The van der Waals surface area contributed by atoms with Crippen molar-refractivity contribution in [3.05, 3.63) is 28.6 Å². The van der Waals surface area contributed by atoms with E-state index in [1.165, 1.54) is 0 Å². The lowest BCUT2D eigenvalue weighted by molar-refractivity contribution is 0.0533. The summed E-state index contributed by atoms with van der Waals surface area (Å²) >= 11 is 3.41. The lowest BCUT2D eigenvalue weighted by Gasteiger charge is -2.26. The first-order chi connectivity index (χ1) is 11.3. The molecule has 2 aromatic rings. The third-order valence-corrected chi connectivity index (χ3v) is 4.80. The fourth-order valence-corrected chi connectivity index (χ4v) is 3.71. The molecule has 24 heavy (non-hydrogen) atoms. The molecule has 0 N–H and O–H groups in total. The lowest BCUT2D eigenvalue weighted by Crippen LogP contribution is -2.30. The number of likely N-dealkylation sites (tertiary alicyclic amines) is 1. The van der Waals surface area contributed by atoms with Gasteiger partial charge in [-0.2, -0.15) is 0 Å². The molecule has 0 aromatic carbocycles. The number of rotatable bonds is 2. The Kier molecular flexibility index (Phi) is 4.71. The van der Waals surface area contributed by atoms with Crippen molar-refractivity contribution in [3.63, 3.8) is 0 Å². The maximum Gasteiger partial charge on any atom is 0.419 e. The molecule has 2 aromatic heterocycles. The molecule has 1 atom stereocenters. The normalized spacial score (nSPS) is 19.1. The van der Waals surface area contributed by atoms with Gasteiger partial charge in [-0.05, 0) is 74.8 Å². The molecule has 1 unspecified atom stereocenters. The average molecular weight is 394 g/mol. The summed E-state index contributed by atoms with van der Waals surface area (Å²) in [5.41, 5.74) is 1.30. The molecule has 0 spiro atoms. The van der Waals surface area contributed by atoms with Crippen molar-refractivity contribution in [3.8, 4) is 0 Å². The van der Waals surface area contributed by atoms with Gasteiger partial charge in [-0.1, -0.05) is 6.92 Å². The summed E-state index contributed by atoms with van der Waals surface area (Å²) in [6.45, 7) is 9.88. The number of pyridine rings is 1. The lowest BCUT2D eigenvalue weighted by atomic mass is 10.1. The second-order valence-corrected chi connectivity index (χ2v) is 8.05. The van der Waals surface area contributed by atoms with Gasteiger partial charge >= 0.3 is 6.09 Å². The summed E-state index contributed by atoms with van der Waals surface area (Å²) in [6, 6.07) is 4.21. The number of hydrogen-bond donors (Lipinski definition) is 0. The molecule has 1 aliphatic heterocycles. The predicted octanol–water partition coefficient (Wildman–Crippen LogP) is 4.74. The van der Waals surface area contributed by atoms with Gasteiger partial charge in [0.1, 0.15) is 10.2 Å². The van der Waals surface area contributed by atoms with Gasteiger partial charge in [-0.3, -0.25) is 4.90 Å². The number of fused-ring (bicyclic) bond motifs is 1. The summed E-state index contributed by atoms with van der Waals surface area (Å²) in [7, 11) is 0. The van der Waals surface area contributed by atoms with Crippen LogP contribution >= 0.6 is 15.9 Å². The van der Waals surface area contributed by atoms with Crippen LogP contribution < -0.4 is 0 Å². The zero-order valence-corrected chi connectivity index (χ0v) is 16.3. The number of nitrogens with zero attached hydrogens (tertiary/aromatic N) is 3.